The zero-order chi connectivity index (χ0) is 20.8. The molecule has 1 saturated carbocycles. The number of hydrogen-bond donors (Lipinski definition) is 2. The van der Waals surface area contributed by atoms with E-state index >= 15 is 0 Å². The number of nitrogens with zero attached hydrogens (tertiary/aromatic N) is 3. The number of guanidine groups is 1. The van der Waals surface area contributed by atoms with Crippen LogP contribution < -0.4 is 10.6 Å². The Morgan fingerprint density at radius 3 is 2.68 bits per heavy atom. The molecule has 1 aromatic rings. The van der Waals surface area contributed by atoms with Crippen LogP contribution in [0.1, 0.15) is 49.7 Å². The maximum atomic E-state index is 12.6. The number of nitrogens with one attached hydrogen (secondary N) is 2. The molecule has 3 aliphatic rings. The second-order valence-electron chi connectivity index (χ2n) is 9.04. The molecule has 2 aliphatic heterocycles. The molecule has 1 aliphatic carbocycles. The zero-order valence-corrected chi connectivity index (χ0v) is 21.1. The fourth-order valence-corrected chi connectivity index (χ4v) is 5.15. The standard InChI is InChI=1S/C24H37N5O.HI/c1-25-24(27-22-12-16-29(18-22)23(30)20-8-3-4-9-20)26-13-6-14-28-15-11-19-7-2-5-10-21(19)17-28;/h2,5,7,10,20,22H,3-4,6,8-9,11-18H2,1H3,(H2,25,26,27);1H. The summed E-state index contributed by atoms with van der Waals surface area (Å²) in [4.78, 5) is 21.6. The van der Waals surface area contributed by atoms with Crippen LogP contribution in [0.25, 0.3) is 0 Å². The number of carbonyl (C=O) groups is 1. The predicted molar refractivity (Wildman–Crippen MR) is 137 cm³/mol. The molecular weight excluding hydrogens is 501 g/mol. The molecule has 1 aromatic carbocycles. The first kappa shape index (κ1) is 24.3. The van der Waals surface area contributed by atoms with Crippen LogP contribution in [0, 0.1) is 5.92 Å². The Bertz CT molecular complexity index is 749. The number of aliphatic imine (C=N–C) groups is 1. The van der Waals surface area contributed by atoms with Crippen LogP contribution in [-0.4, -0.2) is 67.5 Å². The van der Waals surface area contributed by atoms with Crippen LogP contribution in [-0.2, 0) is 17.8 Å². The molecule has 31 heavy (non-hydrogen) atoms. The van der Waals surface area contributed by atoms with E-state index in [4.69, 9.17) is 0 Å². The first-order valence-corrected chi connectivity index (χ1v) is 11.8. The van der Waals surface area contributed by atoms with E-state index in [1.165, 1.54) is 24.0 Å². The van der Waals surface area contributed by atoms with E-state index in [0.29, 0.717) is 11.9 Å². The monoisotopic (exact) mass is 539 g/mol. The molecule has 2 fully saturated rings. The van der Waals surface area contributed by atoms with Crippen molar-refractivity contribution in [1.82, 2.24) is 20.4 Å². The molecule has 0 spiro atoms. The molecule has 6 nitrogen and oxygen atoms in total. The van der Waals surface area contributed by atoms with Gasteiger partial charge in [-0.05, 0) is 43.2 Å². The molecule has 2 heterocycles. The summed E-state index contributed by atoms with van der Waals surface area (Å²) in [6, 6.07) is 9.11. The van der Waals surface area contributed by atoms with Crippen molar-refractivity contribution >= 4 is 35.8 Å². The van der Waals surface area contributed by atoms with E-state index in [2.05, 4.69) is 49.7 Å². The van der Waals surface area contributed by atoms with Crippen LogP contribution in [0.15, 0.2) is 29.3 Å². The van der Waals surface area contributed by atoms with Crippen LogP contribution in [0.2, 0.25) is 0 Å². The smallest absolute Gasteiger partial charge is 0.225 e. The van der Waals surface area contributed by atoms with Crippen LogP contribution in [0.4, 0.5) is 0 Å². The van der Waals surface area contributed by atoms with Crippen molar-refractivity contribution in [1.29, 1.82) is 0 Å². The quantitative estimate of drug-likeness (QED) is 0.253. The molecule has 2 N–H and O–H groups in total. The van der Waals surface area contributed by atoms with E-state index < -0.39 is 0 Å². The van der Waals surface area contributed by atoms with Gasteiger partial charge in [0.25, 0.3) is 0 Å². The third kappa shape index (κ3) is 6.57. The van der Waals surface area contributed by atoms with Crippen molar-refractivity contribution in [2.24, 2.45) is 10.9 Å². The largest absolute Gasteiger partial charge is 0.356 e. The molecule has 4 rings (SSSR count). The molecule has 172 valence electrons. The number of amides is 1. The summed E-state index contributed by atoms with van der Waals surface area (Å²) in [6.07, 6.45) is 7.86. The molecule has 1 atom stereocenters. The van der Waals surface area contributed by atoms with Gasteiger partial charge in [0.2, 0.25) is 5.91 Å². The Kier molecular flexibility index (Phi) is 9.44. The fraction of sp³-hybridized carbons (Fsp3) is 0.667. The molecular formula is C24H38IN5O. The van der Waals surface area contributed by atoms with E-state index in [1.54, 1.807) is 0 Å². The van der Waals surface area contributed by atoms with E-state index in [0.717, 1.165) is 77.3 Å². The number of likely N-dealkylation sites (tertiary alicyclic amines) is 1. The van der Waals surface area contributed by atoms with Gasteiger partial charge in [-0.25, -0.2) is 0 Å². The Morgan fingerprint density at radius 1 is 1.13 bits per heavy atom. The molecule has 0 radical (unpaired) electrons. The van der Waals surface area contributed by atoms with Gasteiger partial charge in [0.05, 0.1) is 0 Å². The topological polar surface area (TPSA) is 60.0 Å². The summed E-state index contributed by atoms with van der Waals surface area (Å²) < 4.78 is 0. The number of halogens is 1. The normalized spacial score (nSPS) is 22.2. The summed E-state index contributed by atoms with van der Waals surface area (Å²) in [6.45, 7) is 5.91. The zero-order valence-electron chi connectivity index (χ0n) is 18.8. The highest BCUT2D eigenvalue weighted by atomic mass is 127. The second kappa shape index (κ2) is 12.0. The lowest BCUT2D eigenvalue weighted by molar-refractivity contribution is -0.134. The van der Waals surface area contributed by atoms with Gasteiger partial charge in [-0.2, -0.15) is 0 Å². The Morgan fingerprint density at radius 2 is 1.90 bits per heavy atom. The predicted octanol–water partition coefficient (Wildman–Crippen LogP) is 3.01. The maximum absolute atomic E-state index is 12.6. The van der Waals surface area contributed by atoms with Crippen molar-refractivity contribution in [2.75, 3.05) is 39.8 Å². The summed E-state index contributed by atoms with van der Waals surface area (Å²) >= 11 is 0. The van der Waals surface area contributed by atoms with Gasteiger partial charge in [0, 0.05) is 58.3 Å². The first-order valence-electron chi connectivity index (χ1n) is 11.8. The minimum Gasteiger partial charge on any atom is -0.356 e. The van der Waals surface area contributed by atoms with Gasteiger partial charge in [-0.1, -0.05) is 37.1 Å². The molecule has 1 saturated heterocycles. The summed E-state index contributed by atoms with van der Waals surface area (Å²) in [5, 5.41) is 6.99. The maximum Gasteiger partial charge on any atom is 0.225 e. The Balaban J connectivity index is 0.00000272. The van der Waals surface area contributed by atoms with Crippen LogP contribution in [0.3, 0.4) is 0 Å². The Labute approximate surface area is 204 Å². The number of fused-ring (bicyclic) bond motifs is 1. The molecule has 0 aromatic heterocycles. The summed E-state index contributed by atoms with van der Waals surface area (Å²) in [5.74, 6) is 1.52. The Hall–Kier alpha value is -1.35. The molecule has 1 amide bonds. The number of hydrogen-bond acceptors (Lipinski definition) is 3. The highest BCUT2D eigenvalue weighted by Gasteiger charge is 2.32. The number of rotatable bonds is 6. The van der Waals surface area contributed by atoms with E-state index in [9.17, 15) is 4.79 Å². The highest BCUT2D eigenvalue weighted by Crippen LogP contribution is 2.27. The van der Waals surface area contributed by atoms with Gasteiger partial charge in [-0.15, -0.1) is 24.0 Å². The lowest BCUT2D eigenvalue weighted by atomic mass is 10.00. The van der Waals surface area contributed by atoms with Gasteiger partial charge in [0.1, 0.15) is 0 Å². The molecule has 1 unspecified atom stereocenters. The van der Waals surface area contributed by atoms with Crippen LogP contribution in [0.5, 0.6) is 0 Å². The molecule has 7 heteroatoms. The number of benzene rings is 1. The van der Waals surface area contributed by atoms with Crippen molar-refractivity contribution < 1.29 is 4.79 Å². The minimum atomic E-state index is 0. The summed E-state index contributed by atoms with van der Waals surface area (Å²) in [7, 11) is 1.83. The fourth-order valence-electron chi connectivity index (χ4n) is 5.15. The van der Waals surface area contributed by atoms with E-state index in [-0.39, 0.29) is 29.9 Å². The average molecular weight is 540 g/mol. The third-order valence-corrected chi connectivity index (χ3v) is 6.92. The van der Waals surface area contributed by atoms with Crippen molar-refractivity contribution in [3.05, 3.63) is 35.4 Å². The van der Waals surface area contributed by atoms with Crippen molar-refractivity contribution in [2.45, 2.75) is 57.5 Å². The van der Waals surface area contributed by atoms with Gasteiger partial charge >= 0.3 is 0 Å². The lowest BCUT2D eigenvalue weighted by Gasteiger charge is -2.28. The minimum absolute atomic E-state index is 0. The summed E-state index contributed by atoms with van der Waals surface area (Å²) in [5.41, 5.74) is 2.99. The van der Waals surface area contributed by atoms with Gasteiger partial charge in [-0.3, -0.25) is 14.7 Å². The van der Waals surface area contributed by atoms with Crippen LogP contribution >= 0.6 is 24.0 Å². The van der Waals surface area contributed by atoms with Crippen molar-refractivity contribution in [3.8, 4) is 0 Å². The lowest BCUT2D eigenvalue weighted by Crippen LogP contribution is -2.46. The van der Waals surface area contributed by atoms with Gasteiger partial charge in [0.15, 0.2) is 5.96 Å². The molecule has 0 bridgehead atoms. The SMILES string of the molecule is CN=C(NCCCN1CCc2ccccc2C1)NC1CCN(C(=O)C2CCCC2)C1.I. The second-order valence-corrected chi connectivity index (χ2v) is 9.04. The average Bonchev–Trinajstić information content (AvgIpc) is 3.47. The number of carbonyl (C=O) groups excluding carboxylic acids is 1. The van der Waals surface area contributed by atoms with Gasteiger partial charge < -0.3 is 15.5 Å². The highest BCUT2D eigenvalue weighted by molar-refractivity contribution is 14.0. The third-order valence-electron chi connectivity index (χ3n) is 6.92. The van der Waals surface area contributed by atoms with E-state index in [1.807, 2.05) is 7.05 Å². The van der Waals surface area contributed by atoms with Crippen molar-refractivity contribution in [3.63, 3.8) is 0 Å². The first-order chi connectivity index (χ1) is 14.7.